The van der Waals surface area contributed by atoms with Gasteiger partial charge in [-0.3, -0.25) is 4.79 Å². The molecule has 0 aliphatic heterocycles. The average Bonchev–Trinajstić information content (AvgIpc) is 3.40. The summed E-state index contributed by atoms with van der Waals surface area (Å²) in [5.41, 5.74) is 0.974. The zero-order valence-corrected chi connectivity index (χ0v) is 19.0. The third-order valence-electron chi connectivity index (χ3n) is 6.00. The maximum atomic E-state index is 12.8. The van der Waals surface area contributed by atoms with Crippen molar-refractivity contribution in [2.75, 3.05) is 0 Å². The molecule has 0 radical (unpaired) electrons. The molecule has 0 spiro atoms. The Balaban J connectivity index is 1.45. The lowest BCUT2D eigenvalue weighted by Gasteiger charge is -2.24. The Hall–Kier alpha value is -2.32. The van der Waals surface area contributed by atoms with Gasteiger partial charge < -0.3 is 5.11 Å². The van der Waals surface area contributed by atoms with Gasteiger partial charge in [0.2, 0.25) is 0 Å². The Kier molecular flexibility index (Phi) is 6.36. The van der Waals surface area contributed by atoms with Crippen LogP contribution in [0.1, 0.15) is 47.4 Å². The molecule has 1 aliphatic carbocycles. The van der Waals surface area contributed by atoms with Crippen molar-refractivity contribution in [1.29, 1.82) is 0 Å². The van der Waals surface area contributed by atoms with E-state index in [0.29, 0.717) is 29.2 Å². The normalized spacial score (nSPS) is 15.8. The van der Waals surface area contributed by atoms with E-state index in [0.717, 1.165) is 46.0 Å². The average molecular weight is 478 g/mol. The molecular formula is C24H22F3NO2S2. The minimum Gasteiger partial charge on any atom is -0.481 e. The summed E-state index contributed by atoms with van der Waals surface area (Å²) in [5.74, 6) is -0.0559. The van der Waals surface area contributed by atoms with Crippen LogP contribution in [0.25, 0.3) is 10.6 Å². The molecule has 1 heterocycles. The number of carboxylic acids is 1. The van der Waals surface area contributed by atoms with Gasteiger partial charge in [0.05, 0.1) is 16.7 Å². The number of halogens is 3. The Morgan fingerprint density at radius 1 is 1.09 bits per heavy atom. The molecule has 1 fully saturated rings. The Labute approximate surface area is 192 Å². The number of benzene rings is 2. The fourth-order valence-corrected chi connectivity index (χ4v) is 6.22. The van der Waals surface area contributed by atoms with Gasteiger partial charge in [-0.05, 0) is 49.6 Å². The van der Waals surface area contributed by atoms with Crippen LogP contribution in [0.4, 0.5) is 13.2 Å². The molecule has 1 N–H and O–H groups in total. The molecule has 1 aromatic heterocycles. The second kappa shape index (κ2) is 8.90. The maximum absolute atomic E-state index is 12.8. The van der Waals surface area contributed by atoms with Gasteiger partial charge in [-0.1, -0.05) is 37.1 Å². The fourth-order valence-electron chi connectivity index (χ4n) is 4.11. The molecular weight excluding hydrogens is 455 g/mol. The van der Waals surface area contributed by atoms with Crippen molar-refractivity contribution in [2.24, 2.45) is 0 Å². The molecule has 0 saturated heterocycles. The predicted molar refractivity (Wildman–Crippen MR) is 121 cm³/mol. The molecule has 0 atom stereocenters. The first-order chi connectivity index (χ1) is 15.2. The number of aromatic nitrogens is 1. The first-order valence-electron chi connectivity index (χ1n) is 10.3. The predicted octanol–water partition coefficient (Wildman–Crippen LogP) is 7.33. The quantitative estimate of drug-likeness (QED) is 0.378. The van der Waals surface area contributed by atoms with Crippen LogP contribution >= 0.6 is 23.1 Å². The van der Waals surface area contributed by atoms with Crippen LogP contribution < -0.4 is 0 Å². The standard InChI is InChI=1S/C24H22F3NO2S2/c1-15-20(32-21(28-15)16-4-6-18(7-5-16)24(25,26)27)14-31-19-10-8-17(9-11-19)23(22(29)30)12-2-3-13-23/h4-11H,2-3,12-14H2,1H3,(H,29,30). The minimum absolute atomic E-state index is 0.669. The summed E-state index contributed by atoms with van der Waals surface area (Å²) >= 11 is 3.12. The molecule has 1 aliphatic rings. The molecule has 4 rings (SSSR count). The highest BCUT2D eigenvalue weighted by Crippen LogP contribution is 2.42. The molecule has 0 unspecified atom stereocenters. The van der Waals surface area contributed by atoms with Gasteiger partial charge in [-0.2, -0.15) is 13.2 Å². The molecule has 2 aromatic carbocycles. The number of thiazole rings is 1. The van der Waals surface area contributed by atoms with E-state index in [4.69, 9.17) is 0 Å². The third kappa shape index (κ3) is 4.57. The maximum Gasteiger partial charge on any atom is 0.416 e. The van der Waals surface area contributed by atoms with E-state index < -0.39 is 23.1 Å². The lowest BCUT2D eigenvalue weighted by Crippen LogP contribution is -2.32. The Bertz CT molecular complexity index is 1100. The summed E-state index contributed by atoms with van der Waals surface area (Å²) in [5, 5.41) is 10.5. The minimum atomic E-state index is -4.35. The van der Waals surface area contributed by atoms with E-state index in [1.807, 2.05) is 31.2 Å². The number of rotatable bonds is 6. The van der Waals surface area contributed by atoms with E-state index in [-0.39, 0.29) is 0 Å². The molecule has 32 heavy (non-hydrogen) atoms. The largest absolute Gasteiger partial charge is 0.481 e. The number of aliphatic carboxylic acids is 1. The van der Waals surface area contributed by atoms with Crippen molar-refractivity contribution in [1.82, 2.24) is 4.98 Å². The second-order valence-electron chi connectivity index (χ2n) is 8.01. The van der Waals surface area contributed by atoms with Crippen LogP contribution in [0.2, 0.25) is 0 Å². The van der Waals surface area contributed by atoms with E-state index in [1.54, 1.807) is 11.8 Å². The van der Waals surface area contributed by atoms with Gasteiger partial charge in [0.15, 0.2) is 0 Å². The first-order valence-corrected chi connectivity index (χ1v) is 12.1. The monoisotopic (exact) mass is 477 g/mol. The van der Waals surface area contributed by atoms with Gasteiger partial charge in [0.25, 0.3) is 0 Å². The van der Waals surface area contributed by atoms with E-state index in [2.05, 4.69) is 4.98 Å². The van der Waals surface area contributed by atoms with Crippen LogP contribution in [0, 0.1) is 6.92 Å². The highest BCUT2D eigenvalue weighted by atomic mass is 32.2. The number of nitrogens with zero attached hydrogens (tertiary/aromatic N) is 1. The smallest absolute Gasteiger partial charge is 0.416 e. The summed E-state index contributed by atoms with van der Waals surface area (Å²) in [6.45, 7) is 1.90. The van der Waals surface area contributed by atoms with Crippen molar-refractivity contribution in [3.05, 3.63) is 70.2 Å². The first kappa shape index (κ1) is 22.9. The lowest BCUT2D eigenvalue weighted by molar-refractivity contribution is -0.143. The zero-order chi connectivity index (χ0) is 22.9. The summed E-state index contributed by atoms with van der Waals surface area (Å²) in [6, 6.07) is 12.9. The number of aryl methyl sites for hydroxylation is 1. The van der Waals surface area contributed by atoms with Crippen molar-refractivity contribution in [2.45, 2.75) is 54.8 Å². The van der Waals surface area contributed by atoms with Crippen molar-refractivity contribution in [3.63, 3.8) is 0 Å². The van der Waals surface area contributed by atoms with Crippen LogP contribution in [0.5, 0.6) is 0 Å². The highest BCUT2D eigenvalue weighted by molar-refractivity contribution is 7.98. The SMILES string of the molecule is Cc1nc(-c2ccc(C(F)(F)F)cc2)sc1CSc1ccc(C2(C(=O)O)CCCC2)cc1. The van der Waals surface area contributed by atoms with Gasteiger partial charge in [0.1, 0.15) is 5.01 Å². The highest BCUT2D eigenvalue weighted by Gasteiger charge is 2.42. The van der Waals surface area contributed by atoms with Crippen molar-refractivity contribution >= 4 is 29.1 Å². The number of alkyl halides is 3. The summed E-state index contributed by atoms with van der Waals surface area (Å²) in [4.78, 5) is 18.5. The molecule has 0 bridgehead atoms. The third-order valence-corrected chi connectivity index (χ3v) is 8.42. The van der Waals surface area contributed by atoms with Gasteiger partial charge in [-0.25, -0.2) is 4.98 Å². The summed E-state index contributed by atoms with van der Waals surface area (Å²) in [6.07, 6.45) is -1.11. The molecule has 1 saturated carbocycles. The van der Waals surface area contributed by atoms with E-state index >= 15 is 0 Å². The number of thioether (sulfide) groups is 1. The van der Waals surface area contributed by atoms with Crippen LogP contribution in [-0.2, 0) is 22.1 Å². The summed E-state index contributed by atoms with van der Waals surface area (Å²) < 4.78 is 38.3. The second-order valence-corrected chi connectivity index (χ2v) is 10.1. The molecule has 168 valence electrons. The summed E-state index contributed by atoms with van der Waals surface area (Å²) in [7, 11) is 0. The van der Waals surface area contributed by atoms with Crippen LogP contribution in [0.3, 0.4) is 0 Å². The number of hydrogen-bond donors (Lipinski definition) is 1. The zero-order valence-electron chi connectivity index (χ0n) is 17.4. The molecule has 8 heteroatoms. The van der Waals surface area contributed by atoms with Gasteiger partial charge in [-0.15, -0.1) is 23.1 Å². The topological polar surface area (TPSA) is 50.2 Å². The Morgan fingerprint density at radius 3 is 2.28 bits per heavy atom. The molecule has 3 aromatic rings. The van der Waals surface area contributed by atoms with Crippen molar-refractivity contribution < 1.29 is 23.1 Å². The number of hydrogen-bond acceptors (Lipinski definition) is 4. The van der Waals surface area contributed by atoms with Crippen molar-refractivity contribution in [3.8, 4) is 10.6 Å². The molecule has 0 amide bonds. The number of carboxylic acid groups (broad SMARTS) is 1. The van der Waals surface area contributed by atoms with E-state index in [9.17, 15) is 23.1 Å². The van der Waals surface area contributed by atoms with Gasteiger partial charge >= 0.3 is 12.1 Å². The van der Waals surface area contributed by atoms with E-state index in [1.165, 1.54) is 23.5 Å². The fraction of sp³-hybridized carbons (Fsp3) is 0.333. The van der Waals surface area contributed by atoms with Gasteiger partial charge in [0, 0.05) is 21.1 Å². The lowest BCUT2D eigenvalue weighted by atomic mass is 9.79. The van der Waals surface area contributed by atoms with Crippen LogP contribution in [0.15, 0.2) is 53.4 Å². The van der Waals surface area contributed by atoms with Crippen LogP contribution in [-0.4, -0.2) is 16.1 Å². The Morgan fingerprint density at radius 2 is 1.72 bits per heavy atom. The molecule has 3 nitrogen and oxygen atoms in total. The number of carbonyl (C=O) groups is 1.